The molecule has 0 fully saturated rings. The molecule has 0 aromatic heterocycles. The first-order chi connectivity index (χ1) is 4.63. The van der Waals surface area contributed by atoms with Crippen LogP contribution in [0.2, 0.25) is 0 Å². The van der Waals surface area contributed by atoms with Gasteiger partial charge in [0.05, 0.1) is 5.57 Å². The summed E-state index contributed by atoms with van der Waals surface area (Å²) in [4.78, 5) is 20.5. The average molecular weight is 141 g/mol. The Hall–Kier alpha value is -1.49. The fourth-order valence-corrected chi connectivity index (χ4v) is 0.275. The Kier molecular flexibility index (Phi) is 2.99. The largest absolute Gasteiger partial charge is 0.308 e. The number of hydrogen-bond acceptors (Lipinski definition) is 4. The minimum absolute atomic E-state index is 0.130. The fourth-order valence-electron chi connectivity index (χ4n) is 0.275. The maximum Gasteiger partial charge on any atom is 0.275 e. The van der Waals surface area contributed by atoms with Gasteiger partial charge in [0, 0.05) is 6.21 Å². The van der Waals surface area contributed by atoms with Crippen LogP contribution in [0.15, 0.2) is 12.2 Å². The van der Waals surface area contributed by atoms with E-state index in [1.807, 2.05) is 0 Å². The van der Waals surface area contributed by atoms with Crippen LogP contribution >= 0.6 is 0 Å². The molecule has 10 heavy (non-hydrogen) atoms. The van der Waals surface area contributed by atoms with Gasteiger partial charge in [-0.3, -0.25) is 9.59 Å². The van der Waals surface area contributed by atoms with Crippen LogP contribution < -0.4 is 5.84 Å². The molecule has 0 bridgehead atoms. The number of hydrazine groups is 1. The number of rotatable bonds is 3. The number of hydrogen-bond donors (Lipinski definition) is 2. The molecule has 0 radical (unpaired) electrons. The van der Waals surface area contributed by atoms with Crippen molar-refractivity contribution in [3.8, 4) is 0 Å². The molecular formula is C5H7N3O2. The summed E-state index contributed by atoms with van der Waals surface area (Å²) in [6, 6.07) is 0. The second-order valence-corrected chi connectivity index (χ2v) is 1.49. The molecule has 0 aliphatic carbocycles. The van der Waals surface area contributed by atoms with E-state index in [1.54, 1.807) is 0 Å². The predicted molar refractivity (Wildman–Crippen MR) is 35.0 cm³/mol. The van der Waals surface area contributed by atoms with E-state index >= 15 is 0 Å². The Labute approximate surface area is 57.6 Å². The quantitative estimate of drug-likeness (QED) is 0.133. The Morgan fingerprint density at radius 1 is 1.70 bits per heavy atom. The number of nitrogens with one attached hydrogen (secondary N) is 1. The predicted octanol–water partition coefficient (Wildman–Crippen LogP) is -0.949. The van der Waals surface area contributed by atoms with Crippen LogP contribution in [-0.2, 0) is 9.59 Å². The molecule has 0 spiro atoms. The van der Waals surface area contributed by atoms with Gasteiger partial charge in [0.1, 0.15) is 0 Å². The van der Waals surface area contributed by atoms with Crippen molar-refractivity contribution in [1.82, 2.24) is 5.01 Å². The second-order valence-electron chi connectivity index (χ2n) is 1.49. The molecule has 0 saturated heterocycles. The summed E-state index contributed by atoms with van der Waals surface area (Å²) in [5.74, 6) is 4.07. The topological polar surface area (TPSA) is 87.2 Å². The lowest BCUT2D eigenvalue weighted by Crippen LogP contribution is -2.36. The van der Waals surface area contributed by atoms with Gasteiger partial charge in [-0.15, -0.1) is 0 Å². The van der Waals surface area contributed by atoms with Gasteiger partial charge < -0.3 is 5.41 Å². The van der Waals surface area contributed by atoms with E-state index in [2.05, 4.69) is 6.58 Å². The molecule has 0 rings (SSSR count). The summed E-state index contributed by atoms with van der Waals surface area (Å²) in [5, 5.41) is 6.89. The summed E-state index contributed by atoms with van der Waals surface area (Å²) in [6.07, 6.45) is 0.878. The highest BCUT2D eigenvalue weighted by atomic mass is 16.2. The van der Waals surface area contributed by atoms with Gasteiger partial charge in [-0.2, -0.15) is 0 Å². The molecular weight excluding hydrogens is 134 g/mol. The molecule has 5 heteroatoms. The van der Waals surface area contributed by atoms with E-state index in [0.29, 0.717) is 5.01 Å². The Morgan fingerprint density at radius 3 is 2.50 bits per heavy atom. The van der Waals surface area contributed by atoms with Crippen LogP contribution in [0.3, 0.4) is 0 Å². The number of imide groups is 1. The van der Waals surface area contributed by atoms with E-state index in [4.69, 9.17) is 11.3 Å². The monoisotopic (exact) mass is 141 g/mol. The molecule has 2 amide bonds. The van der Waals surface area contributed by atoms with E-state index < -0.39 is 5.91 Å². The highest BCUT2D eigenvalue weighted by molar-refractivity contribution is 6.12. The minimum atomic E-state index is -0.773. The third-order valence-electron chi connectivity index (χ3n) is 0.797. The number of nitrogens with two attached hydrogens (primary N) is 1. The van der Waals surface area contributed by atoms with Gasteiger partial charge in [0.15, 0.2) is 0 Å². The molecule has 3 N–H and O–H groups in total. The summed E-state index contributed by atoms with van der Waals surface area (Å²) in [5.41, 5.74) is -0.130. The fraction of sp³-hybridized carbons (Fsp3) is 0. The average Bonchev–Trinajstić information content (AvgIpc) is 2.00. The first-order valence-electron chi connectivity index (χ1n) is 2.36. The van der Waals surface area contributed by atoms with E-state index in [1.165, 1.54) is 0 Å². The van der Waals surface area contributed by atoms with Crippen molar-refractivity contribution in [2.75, 3.05) is 0 Å². The lowest BCUT2D eigenvalue weighted by molar-refractivity contribution is -0.135. The first kappa shape index (κ1) is 8.51. The number of nitrogens with zero attached hydrogens (tertiary/aromatic N) is 1. The molecule has 0 saturated carbocycles. The highest BCUT2D eigenvalue weighted by Crippen LogP contribution is 1.87. The number of amides is 2. The van der Waals surface area contributed by atoms with Crippen LogP contribution in [-0.4, -0.2) is 23.5 Å². The standard InChI is InChI=1S/C5H7N3O2/c1-4(2-6)5(10)8(7)3-9/h2-3,6H,1,7H2. The van der Waals surface area contributed by atoms with Crippen molar-refractivity contribution in [1.29, 1.82) is 5.41 Å². The molecule has 54 valence electrons. The van der Waals surface area contributed by atoms with Crippen LogP contribution in [0.5, 0.6) is 0 Å². The van der Waals surface area contributed by atoms with Gasteiger partial charge >= 0.3 is 0 Å². The van der Waals surface area contributed by atoms with Gasteiger partial charge in [0.2, 0.25) is 6.41 Å². The molecule has 0 aliphatic rings. The van der Waals surface area contributed by atoms with Crippen LogP contribution in [0.4, 0.5) is 0 Å². The SMILES string of the molecule is C=C(C=N)C(=O)N(N)C=O. The first-order valence-corrected chi connectivity index (χ1v) is 2.36. The maximum absolute atomic E-state index is 10.6. The Bertz CT molecular complexity index is 187. The number of carbonyl (C=O) groups is 2. The Morgan fingerprint density at radius 2 is 2.20 bits per heavy atom. The van der Waals surface area contributed by atoms with Gasteiger partial charge in [-0.25, -0.2) is 10.9 Å². The van der Waals surface area contributed by atoms with Crippen molar-refractivity contribution >= 4 is 18.5 Å². The molecule has 0 atom stereocenters. The molecule has 5 nitrogen and oxygen atoms in total. The van der Waals surface area contributed by atoms with Crippen molar-refractivity contribution in [3.05, 3.63) is 12.2 Å². The summed E-state index contributed by atoms with van der Waals surface area (Å²) in [6.45, 7) is 3.17. The summed E-state index contributed by atoms with van der Waals surface area (Å²) >= 11 is 0. The molecule has 0 aromatic rings. The van der Waals surface area contributed by atoms with Gasteiger partial charge in [-0.1, -0.05) is 6.58 Å². The molecule has 0 aromatic carbocycles. The zero-order valence-electron chi connectivity index (χ0n) is 5.20. The van der Waals surface area contributed by atoms with E-state index in [9.17, 15) is 9.59 Å². The van der Waals surface area contributed by atoms with Crippen LogP contribution in [0.1, 0.15) is 0 Å². The van der Waals surface area contributed by atoms with Crippen molar-refractivity contribution in [2.24, 2.45) is 5.84 Å². The maximum atomic E-state index is 10.6. The van der Waals surface area contributed by atoms with Crippen LogP contribution in [0, 0.1) is 5.41 Å². The summed E-state index contributed by atoms with van der Waals surface area (Å²) in [7, 11) is 0. The summed E-state index contributed by atoms with van der Waals surface area (Å²) < 4.78 is 0. The molecule has 0 unspecified atom stereocenters. The van der Waals surface area contributed by atoms with Gasteiger partial charge in [0.25, 0.3) is 5.91 Å². The smallest absolute Gasteiger partial charge is 0.275 e. The van der Waals surface area contributed by atoms with E-state index in [-0.39, 0.29) is 12.0 Å². The molecule has 0 aliphatic heterocycles. The second kappa shape index (κ2) is 3.52. The highest BCUT2D eigenvalue weighted by Gasteiger charge is 2.09. The minimum Gasteiger partial charge on any atom is -0.308 e. The van der Waals surface area contributed by atoms with Crippen molar-refractivity contribution in [3.63, 3.8) is 0 Å². The molecule has 0 heterocycles. The third kappa shape index (κ3) is 1.79. The van der Waals surface area contributed by atoms with Crippen LogP contribution in [0.25, 0.3) is 0 Å². The zero-order valence-corrected chi connectivity index (χ0v) is 5.20. The van der Waals surface area contributed by atoms with Gasteiger partial charge in [-0.05, 0) is 0 Å². The van der Waals surface area contributed by atoms with Crippen molar-refractivity contribution in [2.45, 2.75) is 0 Å². The lowest BCUT2D eigenvalue weighted by atomic mass is 10.3. The number of carbonyl (C=O) groups excluding carboxylic acids is 2. The lowest BCUT2D eigenvalue weighted by Gasteiger charge is -2.05. The van der Waals surface area contributed by atoms with Crippen molar-refractivity contribution < 1.29 is 9.59 Å². The van der Waals surface area contributed by atoms with E-state index in [0.717, 1.165) is 6.21 Å². The Balaban J connectivity index is 4.21. The normalized spacial score (nSPS) is 8.10. The zero-order chi connectivity index (χ0) is 8.15. The third-order valence-corrected chi connectivity index (χ3v) is 0.797.